The molecule has 1 aliphatic heterocycles. The molecule has 1 aliphatic carbocycles. The van der Waals surface area contributed by atoms with Gasteiger partial charge in [0.2, 0.25) is 5.91 Å². The Morgan fingerprint density at radius 1 is 1.26 bits per heavy atom. The van der Waals surface area contributed by atoms with Crippen molar-refractivity contribution in [2.24, 2.45) is 5.73 Å². The molecule has 1 aromatic heterocycles. The van der Waals surface area contributed by atoms with Gasteiger partial charge in [-0.15, -0.1) is 11.3 Å². The Balaban J connectivity index is 1.63. The van der Waals surface area contributed by atoms with Gasteiger partial charge in [0.15, 0.2) is 0 Å². The van der Waals surface area contributed by atoms with Gasteiger partial charge < -0.3 is 21.1 Å². The molecule has 0 bridgehead atoms. The Morgan fingerprint density at radius 2 is 2.04 bits per heavy atom. The van der Waals surface area contributed by atoms with Crippen LogP contribution in [0.1, 0.15) is 52.9 Å². The maximum atomic E-state index is 12.2. The fourth-order valence-corrected chi connectivity index (χ4v) is 4.50. The Labute approximate surface area is 139 Å². The van der Waals surface area contributed by atoms with Crippen LogP contribution >= 0.6 is 11.3 Å². The molecule has 7 heteroatoms. The summed E-state index contributed by atoms with van der Waals surface area (Å²) < 4.78 is 5.41. The second-order valence-corrected chi connectivity index (χ2v) is 7.24. The minimum absolute atomic E-state index is 0.127. The molecule has 1 saturated carbocycles. The normalized spacial score (nSPS) is 18.4. The summed E-state index contributed by atoms with van der Waals surface area (Å²) in [5, 5.41) is 6.71. The number of ether oxygens (including phenoxy) is 1. The van der Waals surface area contributed by atoms with Gasteiger partial charge in [0.25, 0.3) is 5.91 Å². The number of nitrogens with one attached hydrogen (secondary N) is 2. The average Bonchev–Trinajstić information content (AvgIpc) is 2.91. The predicted molar refractivity (Wildman–Crippen MR) is 89.7 cm³/mol. The first kappa shape index (κ1) is 16.4. The van der Waals surface area contributed by atoms with Crippen molar-refractivity contribution in [3.8, 4) is 0 Å². The summed E-state index contributed by atoms with van der Waals surface area (Å²) in [6, 6.07) is 0.426. The number of hydrogen-bond acceptors (Lipinski definition) is 5. The van der Waals surface area contributed by atoms with Crippen LogP contribution in [0.3, 0.4) is 0 Å². The molecule has 2 heterocycles. The molecule has 0 unspecified atom stereocenters. The van der Waals surface area contributed by atoms with Crippen molar-refractivity contribution < 1.29 is 14.3 Å². The van der Waals surface area contributed by atoms with Crippen LogP contribution in [-0.4, -0.2) is 31.0 Å². The van der Waals surface area contributed by atoms with Crippen molar-refractivity contribution in [2.45, 2.75) is 51.2 Å². The van der Waals surface area contributed by atoms with Gasteiger partial charge >= 0.3 is 0 Å². The van der Waals surface area contributed by atoms with Crippen LogP contribution in [-0.2, 0) is 22.6 Å². The molecule has 126 valence electrons. The van der Waals surface area contributed by atoms with E-state index >= 15 is 0 Å². The van der Waals surface area contributed by atoms with Crippen LogP contribution in [0, 0.1) is 0 Å². The van der Waals surface area contributed by atoms with Crippen LogP contribution < -0.4 is 16.4 Å². The van der Waals surface area contributed by atoms with Crippen molar-refractivity contribution in [1.82, 2.24) is 5.32 Å². The highest BCUT2D eigenvalue weighted by atomic mass is 32.1. The first-order valence-corrected chi connectivity index (χ1v) is 9.02. The first-order chi connectivity index (χ1) is 11.1. The van der Waals surface area contributed by atoms with E-state index in [1.165, 1.54) is 30.6 Å². The molecule has 0 saturated heterocycles. The molecule has 0 radical (unpaired) electrons. The molecule has 2 amide bonds. The zero-order chi connectivity index (χ0) is 16.2. The van der Waals surface area contributed by atoms with Crippen molar-refractivity contribution in [3.05, 3.63) is 16.0 Å². The zero-order valence-electron chi connectivity index (χ0n) is 13.2. The largest absolute Gasteiger partial charge is 0.376 e. The highest BCUT2D eigenvalue weighted by molar-refractivity contribution is 7.17. The van der Waals surface area contributed by atoms with Crippen LogP contribution in [0.2, 0.25) is 0 Å². The van der Waals surface area contributed by atoms with Gasteiger partial charge in [0.05, 0.1) is 25.3 Å². The zero-order valence-corrected chi connectivity index (χ0v) is 14.0. The van der Waals surface area contributed by atoms with Gasteiger partial charge in [-0.3, -0.25) is 9.59 Å². The number of thiophene rings is 1. The number of anilines is 1. The quantitative estimate of drug-likeness (QED) is 0.763. The number of hydrogen-bond donors (Lipinski definition) is 3. The number of fused-ring (bicyclic) bond motifs is 1. The molecule has 0 spiro atoms. The Hall–Kier alpha value is -1.44. The number of amides is 2. The van der Waals surface area contributed by atoms with Crippen LogP contribution in [0.15, 0.2) is 0 Å². The van der Waals surface area contributed by atoms with E-state index < -0.39 is 5.91 Å². The maximum absolute atomic E-state index is 12.2. The topological polar surface area (TPSA) is 93.5 Å². The summed E-state index contributed by atoms with van der Waals surface area (Å²) in [5.74, 6) is -0.613. The maximum Gasteiger partial charge on any atom is 0.251 e. The minimum Gasteiger partial charge on any atom is -0.376 e. The third-order valence-electron chi connectivity index (χ3n) is 4.48. The predicted octanol–water partition coefficient (Wildman–Crippen LogP) is 1.78. The van der Waals surface area contributed by atoms with Gasteiger partial charge in [-0.25, -0.2) is 0 Å². The van der Waals surface area contributed by atoms with Crippen LogP contribution in [0.4, 0.5) is 5.00 Å². The van der Waals surface area contributed by atoms with E-state index in [0.29, 0.717) is 36.2 Å². The average molecular weight is 337 g/mol. The van der Waals surface area contributed by atoms with Crippen molar-refractivity contribution in [1.29, 1.82) is 0 Å². The van der Waals surface area contributed by atoms with E-state index in [1.807, 2.05) is 0 Å². The van der Waals surface area contributed by atoms with E-state index in [1.54, 1.807) is 0 Å². The molecular formula is C16H23N3O3S. The number of rotatable bonds is 5. The van der Waals surface area contributed by atoms with Crippen molar-refractivity contribution in [3.63, 3.8) is 0 Å². The van der Waals surface area contributed by atoms with Crippen molar-refractivity contribution in [2.75, 3.05) is 18.5 Å². The lowest BCUT2D eigenvalue weighted by molar-refractivity contribution is -0.115. The van der Waals surface area contributed by atoms with Crippen LogP contribution in [0.25, 0.3) is 0 Å². The fraction of sp³-hybridized carbons (Fsp3) is 0.625. The van der Waals surface area contributed by atoms with Gasteiger partial charge in [0, 0.05) is 10.9 Å². The van der Waals surface area contributed by atoms with Gasteiger partial charge in [-0.05, 0) is 24.8 Å². The Morgan fingerprint density at radius 3 is 2.78 bits per heavy atom. The number of carbonyl (C=O) groups excluding carboxylic acids is 2. The summed E-state index contributed by atoms with van der Waals surface area (Å²) in [4.78, 5) is 24.9. The molecule has 0 atom stereocenters. The molecule has 1 fully saturated rings. The smallest absolute Gasteiger partial charge is 0.251 e. The number of carbonyl (C=O) groups is 2. The lowest BCUT2D eigenvalue weighted by Crippen LogP contribution is -2.37. The molecule has 1 aromatic rings. The van der Waals surface area contributed by atoms with E-state index in [0.717, 1.165) is 23.3 Å². The van der Waals surface area contributed by atoms with E-state index in [4.69, 9.17) is 10.5 Å². The molecular weight excluding hydrogens is 314 g/mol. The highest BCUT2D eigenvalue weighted by Gasteiger charge is 2.25. The van der Waals surface area contributed by atoms with E-state index in [-0.39, 0.29) is 12.5 Å². The fourth-order valence-electron chi connectivity index (χ4n) is 3.30. The second-order valence-electron chi connectivity index (χ2n) is 6.14. The Bertz CT molecular complexity index is 594. The minimum atomic E-state index is -0.486. The second kappa shape index (κ2) is 7.42. The SMILES string of the molecule is NC(=O)c1c(NC(=O)CNC2CCCCC2)sc2c1CCOC2. The standard InChI is InChI=1S/C16H23N3O3S/c17-15(21)14-11-6-7-22-9-12(11)23-16(14)19-13(20)8-18-10-4-2-1-3-5-10/h10,18H,1-9H2,(H2,17,21)(H,19,20). The summed E-state index contributed by atoms with van der Waals surface area (Å²) in [7, 11) is 0. The Kier molecular flexibility index (Phi) is 5.30. The molecule has 2 aliphatic rings. The summed E-state index contributed by atoms with van der Waals surface area (Å²) in [6.45, 7) is 1.33. The van der Waals surface area contributed by atoms with Gasteiger partial charge in [-0.1, -0.05) is 19.3 Å². The van der Waals surface area contributed by atoms with Gasteiger partial charge in [0.1, 0.15) is 5.00 Å². The summed E-state index contributed by atoms with van der Waals surface area (Å²) in [5.41, 5.74) is 6.90. The van der Waals surface area contributed by atoms with E-state index in [2.05, 4.69) is 10.6 Å². The van der Waals surface area contributed by atoms with Gasteiger partial charge in [-0.2, -0.15) is 0 Å². The summed E-state index contributed by atoms with van der Waals surface area (Å²) >= 11 is 1.39. The molecule has 6 nitrogen and oxygen atoms in total. The number of nitrogens with two attached hydrogens (primary N) is 1. The third-order valence-corrected chi connectivity index (χ3v) is 5.60. The van der Waals surface area contributed by atoms with Crippen LogP contribution in [0.5, 0.6) is 0 Å². The first-order valence-electron chi connectivity index (χ1n) is 8.20. The summed E-state index contributed by atoms with van der Waals surface area (Å²) in [6.07, 6.45) is 6.66. The highest BCUT2D eigenvalue weighted by Crippen LogP contribution is 2.36. The van der Waals surface area contributed by atoms with Crippen molar-refractivity contribution >= 4 is 28.2 Å². The molecule has 4 N–H and O–H groups in total. The number of primary amides is 1. The molecule has 23 heavy (non-hydrogen) atoms. The van der Waals surface area contributed by atoms with E-state index in [9.17, 15) is 9.59 Å². The third kappa shape index (κ3) is 3.91. The lowest BCUT2D eigenvalue weighted by Gasteiger charge is -2.22. The lowest BCUT2D eigenvalue weighted by atomic mass is 9.95. The molecule has 3 rings (SSSR count). The molecule has 0 aromatic carbocycles. The monoisotopic (exact) mass is 337 g/mol.